The minimum atomic E-state index is -0.855. The van der Waals surface area contributed by atoms with Crippen LogP contribution in [0.3, 0.4) is 0 Å². The lowest BCUT2D eigenvalue weighted by molar-refractivity contribution is -0.0818. The molecule has 4 rings (SSSR count). The van der Waals surface area contributed by atoms with Crippen molar-refractivity contribution in [1.29, 1.82) is 0 Å². The third kappa shape index (κ3) is 1.91. The van der Waals surface area contributed by atoms with Gasteiger partial charge < -0.3 is 19.8 Å². The molecule has 0 aliphatic carbocycles. The van der Waals surface area contributed by atoms with Crippen molar-refractivity contribution in [3.05, 3.63) is 30.7 Å². The van der Waals surface area contributed by atoms with Gasteiger partial charge in [-0.1, -0.05) is 6.07 Å². The van der Waals surface area contributed by atoms with E-state index in [1.54, 1.807) is 17.2 Å². The maximum absolute atomic E-state index is 9.96. The van der Waals surface area contributed by atoms with Gasteiger partial charge in [-0.25, -0.2) is 9.67 Å². The number of pyridine rings is 1. The molecule has 2 fully saturated rings. The smallest absolute Gasteiger partial charge is 0.245 e. The lowest BCUT2D eigenvalue weighted by Crippen LogP contribution is -2.68. The van der Waals surface area contributed by atoms with Crippen molar-refractivity contribution in [3.63, 3.8) is 0 Å². The summed E-state index contributed by atoms with van der Waals surface area (Å²) in [4.78, 5) is 10.4. The van der Waals surface area contributed by atoms with Gasteiger partial charge in [0.15, 0.2) is 5.82 Å². The average Bonchev–Trinajstić information content (AvgIpc) is 3.05. The Kier molecular flexibility index (Phi) is 2.71. The van der Waals surface area contributed by atoms with Gasteiger partial charge in [-0.2, -0.15) is 4.98 Å². The summed E-state index contributed by atoms with van der Waals surface area (Å²) in [6.45, 7) is 1.11. The van der Waals surface area contributed by atoms with Crippen LogP contribution in [0.5, 0.6) is 0 Å². The van der Waals surface area contributed by atoms with E-state index in [4.69, 9.17) is 4.74 Å². The summed E-state index contributed by atoms with van der Waals surface area (Å²) >= 11 is 0. The molecule has 0 radical (unpaired) electrons. The molecule has 0 bridgehead atoms. The molecule has 8 heteroatoms. The number of aliphatic hydroxyl groups excluding tert-OH is 2. The Bertz CT molecular complexity index is 640. The highest BCUT2D eigenvalue weighted by Gasteiger charge is 2.57. The van der Waals surface area contributed by atoms with Gasteiger partial charge in [-0.05, 0) is 12.1 Å². The second kappa shape index (κ2) is 4.48. The zero-order valence-corrected chi connectivity index (χ0v) is 11.2. The topological polar surface area (TPSA) is 96.5 Å². The minimum Gasteiger partial charge on any atom is -0.388 e. The Labute approximate surface area is 120 Å². The predicted octanol–water partition coefficient (Wildman–Crippen LogP) is -1.03. The van der Waals surface area contributed by atoms with Crippen LogP contribution >= 0.6 is 0 Å². The van der Waals surface area contributed by atoms with Crippen LogP contribution in [0.4, 0.5) is 5.95 Å². The molecule has 2 N–H and O–H groups in total. The first-order chi connectivity index (χ1) is 10.2. The first-order valence-electron chi connectivity index (χ1n) is 6.76. The number of hydrogen-bond donors (Lipinski definition) is 2. The standard InChI is InChI=1S/C13H15N5O3/c19-9-5-21-13(11(9)20)6-17(7-13)12-15-8-18(16-12)10-3-1-2-4-14-10/h1-4,8-9,11,19-20H,5-7H2/t9-,11-/m1/s1. The summed E-state index contributed by atoms with van der Waals surface area (Å²) < 4.78 is 7.13. The van der Waals surface area contributed by atoms with E-state index in [2.05, 4.69) is 15.1 Å². The molecule has 4 heterocycles. The van der Waals surface area contributed by atoms with Crippen molar-refractivity contribution in [2.75, 3.05) is 24.6 Å². The first-order valence-corrected chi connectivity index (χ1v) is 6.76. The van der Waals surface area contributed by atoms with E-state index in [-0.39, 0.29) is 6.61 Å². The lowest BCUT2D eigenvalue weighted by Gasteiger charge is -2.48. The minimum absolute atomic E-state index is 0.171. The molecule has 2 aliphatic heterocycles. The molecule has 2 saturated heterocycles. The van der Waals surface area contributed by atoms with Crippen LogP contribution in [-0.2, 0) is 4.74 Å². The van der Waals surface area contributed by atoms with Crippen molar-refractivity contribution in [2.45, 2.75) is 17.8 Å². The second-order valence-electron chi connectivity index (χ2n) is 5.42. The Hall–Kier alpha value is -2.03. The van der Waals surface area contributed by atoms with Gasteiger partial charge in [0.25, 0.3) is 0 Å². The molecule has 0 amide bonds. The number of anilines is 1. The average molecular weight is 289 g/mol. The molecule has 0 aromatic carbocycles. The third-order valence-electron chi connectivity index (χ3n) is 4.01. The molecule has 0 saturated carbocycles. The molecule has 21 heavy (non-hydrogen) atoms. The van der Waals surface area contributed by atoms with E-state index >= 15 is 0 Å². The molecule has 2 aliphatic rings. The van der Waals surface area contributed by atoms with E-state index < -0.39 is 17.8 Å². The summed E-state index contributed by atoms with van der Waals surface area (Å²) in [5, 5.41) is 23.9. The van der Waals surface area contributed by atoms with Crippen LogP contribution in [-0.4, -0.2) is 67.5 Å². The fourth-order valence-electron chi connectivity index (χ4n) is 2.80. The molecule has 110 valence electrons. The highest BCUT2D eigenvalue weighted by molar-refractivity contribution is 5.39. The molecule has 2 aromatic heterocycles. The Morgan fingerprint density at radius 3 is 2.76 bits per heavy atom. The number of rotatable bonds is 2. The molecular formula is C13H15N5O3. The van der Waals surface area contributed by atoms with E-state index in [9.17, 15) is 10.2 Å². The summed E-state index contributed by atoms with van der Waals surface area (Å²) in [6.07, 6.45) is 1.63. The quantitative estimate of drug-likeness (QED) is 0.730. The van der Waals surface area contributed by atoms with Crippen LogP contribution in [0.25, 0.3) is 5.82 Å². The number of aromatic nitrogens is 4. The number of nitrogens with zero attached hydrogens (tertiary/aromatic N) is 5. The SMILES string of the molecule is O[C@@H]1COC2(CN(c3ncn(-c4ccccn4)n3)C2)[C@@H]1O. The van der Waals surface area contributed by atoms with Crippen molar-refractivity contribution in [1.82, 2.24) is 19.7 Å². The zero-order chi connectivity index (χ0) is 14.4. The predicted molar refractivity (Wildman–Crippen MR) is 72.1 cm³/mol. The van der Waals surface area contributed by atoms with Gasteiger partial charge in [0.2, 0.25) is 5.95 Å². The monoisotopic (exact) mass is 289 g/mol. The van der Waals surface area contributed by atoms with Crippen molar-refractivity contribution < 1.29 is 14.9 Å². The van der Waals surface area contributed by atoms with Gasteiger partial charge in [0, 0.05) is 6.20 Å². The molecule has 1 spiro atoms. The van der Waals surface area contributed by atoms with Crippen molar-refractivity contribution in [3.8, 4) is 5.82 Å². The van der Waals surface area contributed by atoms with Gasteiger partial charge in [-0.15, -0.1) is 5.10 Å². The Morgan fingerprint density at radius 2 is 2.10 bits per heavy atom. The van der Waals surface area contributed by atoms with E-state index in [0.29, 0.717) is 24.9 Å². The molecule has 2 aromatic rings. The van der Waals surface area contributed by atoms with E-state index in [0.717, 1.165) is 0 Å². The van der Waals surface area contributed by atoms with Gasteiger partial charge >= 0.3 is 0 Å². The number of aliphatic hydroxyl groups is 2. The molecule has 2 atom stereocenters. The Balaban J connectivity index is 1.49. The largest absolute Gasteiger partial charge is 0.388 e. The molecule has 0 unspecified atom stereocenters. The van der Waals surface area contributed by atoms with Crippen LogP contribution in [0.15, 0.2) is 30.7 Å². The second-order valence-corrected chi connectivity index (χ2v) is 5.42. The third-order valence-corrected chi connectivity index (χ3v) is 4.01. The Morgan fingerprint density at radius 1 is 1.24 bits per heavy atom. The van der Waals surface area contributed by atoms with Crippen LogP contribution in [0.2, 0.25) is 0 Å². The summed E-state index contributed by atoms with van der Waals surface area (Å²) in [5.74, 6) is 1.25. The zero-order valence-electron chi connectivity index (χ0n) is 11.2. The summed E-state index contributed by atoms with van der Waals surface area (Å²) in [6, 6.07) is 5.56. The van der Waals surface area contributed by atoms with Crippen LogP contribution in [0, 0.1) is 0 Å². The van der Waals surface area contributed by atoms with Crippen LogP contribution < -0.4 is 4.90 Å². The van der Waals surface area contributed by atoms with Crippen molar-refractivity contribution >= 4 is 5.95 Å². The highest BCUT2D eigenvalue weighted by atomic mass is 16.5. The fraction of sp³-hybridized carbons (Fsp3) is 0.462. The summed E-state index contributed by atoms with van der Waals surface area (Å²) in [5.41, 5.74) is -0.685. The molecular weight excluding hydrogens is 274 g/mol. The van der Waals surface area contributed by atoms with Gasteiger partial charge in [0.1, 0.15) is 24.1 Å². The maximum Gasteiger partial charge on any atom is 0.245 e. The maximum atomic E-state index is 9.96. The summed E-state index contributed by atoms with van der Waals surface area (Å²) in [7, 11) is 0. The number of ether oxygens (including phenoxy) is 1. The molecule has 8 nitrogen and oxygen atoms in total. The van der Waals surface area contributed by atoms with Gasteiger partial charge in [0.05, 0.1) is 19.7 Å². The number of hydrogen-bond acceptors (Lipinski definition) is 7. The fourth-order valence-corrected chi connectivity index (χ4v) is 2.80. The highest BCUT2D eigenvalue weighted by Crippen LogP contribution is 2.36. The van der Waals surface area contributed by atoms with E-state index in [1.807, 2.05) is 23.1 Å². The van der Waals surface area contributed by atoms with E-state index in [1.165, 1.54) is 0 Å². The first kappa shape index (κ1) is 12.7. The van der Waals surface area contributed by atoms with Gasteiger partial charge in [-0.3, -0.25) is 0 Å². The normalized spacial score (nSPS) is 27.0. The van der Waals surface area contributed by atoms with Crippen molar-refractivity contribution in [2.24, 2.45) is 0 Å². The van der Waals surface area contributed by atoms with Crippen LogP contribution in [0.1, 0.15) is 0 Å². The lowest BCUT2D eigenvalue weighted by atomic mass is 9.88.